The number of halogens is 1. The van der Waals surface area contributed by atoms with Gasteiger partial charge in [0.25, 0.3) is 5.91 Å². The second kappa shape index (κ2) is 7.55. The molecule has 6 nitrogen and oxygen atoms in total. The summed E-state index contributed by atoms with van der Waals surface area (Å²) in [6.07, 6.45) is 1.73. The normalized spacial score (nSPS) is 15.2. The van der Waals surface area contributed by atoms with Crippen LogP contribution in [0.2, 0.25) is 0 Å². The van der Waals surface area contributed by atoms with Crippen molar-refractivity contribution >= 4 is 58.5 Å². The van der Waals surface area contributed by atoms with E-state index in [-0.39, 0.29) is 10.8 Å². The molecule has 4 rings (SSSR count). The summed E-state index contributed by atoms with van der Waals surface area (Å²) in [7, 11) is -1.95. The number of aromatic nitrogens is 1. The molecule has 1 saturated heterocycles. The summed E-state index contributed by atoms with van der Waals surface area (Å²) in [5, 5.41) is 0.561. The molecule has 146 valence electrons. The Labute approximate surface area is 176 Å². The predicted octanol–water partition coefficient (Wildman–Crippen LogP) is 4.12. The zero-order valence-electron chi connectivity index (χ0n) is 15.1. The molecule has 2 aromatic carbocycles. The molecule has 1 amide bonds. The lowest BCUT2D eigenvalue weighted by Crippen LogP contribution is -2.29. The summed E-state index contributed by atoms with van der Waals surface area (Å²) < 4.78 is 28.7. The van der Waals surface area contributed by atoms with Gasteiger partial charge in [0.1, 0.15) is 0 Å². The van der Waals surface area contributed by atoms with Gasteiger partial charge in [-0.15, -0.1) is 0 Å². The van der Waals surface area contributed by atoms with E-state index in [4.69, 9.17) is 0 Å². The fourth-order valence-corrected chi connectivity index (χ4v) is 6.06. The van der Waals surface area contributed by atoms with Crippen molar-refractivity contribution in [3.63, 3.8) is 0 Å². The summed E-state index contributed by atoms with van der Waals surface area (Å²) >= 11 is 4.80. The van der Waals surface area contributed by atoms with Crippen LogP contribution in [0.1, 0.15) is 23.2 Å². The first kappa shape index (κ1) is 19.5. The van der Waals surface area contributed by atoms with E-state index >= 15 is 0 Å². The molecule has 28 heavy (non-hydrogen) atoms. The van der Waals surface area contributed by atoms with E-state index in [9.17, 15) is 13.2 Å². The molecule has 1 aromatic heterocycles. The van der Waals surface area contributed by atoms with Crippen molar-refractivity contribution in [3.8, 4) is 0 Å². The van der Waals surface area contributed by atoms with Crippen LogP contribution in [0.4, 0.5) is 5.13 Å². The Kier molecular flexibility index (Phi) is 5.26. The molecule has 9 heteroatoms. The summed E-state index contributed by atoms with van der Waals surface area (Å²) in [4.78, 5) is 19.2. The minimum absolute atomic E-state index is 0.138. The van der Waals surface area contributed by atoms with Crippen molar-refractivity contribution in [3.05, 3.63) is 52.5 Å². The van der Waals surface area contributed by atoms with Gasteiger partial charge in [0.2, 0.25) is 10.0 Å². The van der Waals surface area contributed by atoms with Gasteiger partial charge in [-0.3, -0.25) is 9.69 Å². The maximum absolute atomic E-state index is 13.1. The first-order valence-corrected chi connectivity index (χ1v) is 11.9. The van der Waals surface area contributed by atoms with Crippen LogP contribution < -0.4 is 4.90 Å². The highest BCUT2D eigenvalue weighted by atomic mass is 79.9. The molecule has 0 saturated carbocycles. The van der Waals surface area contributed by atoms with Gasteiger partial charge in [-0.2, -0.15) is 4.31 Å². The van der Waals surface area contributed by atoms with Gasteiger partial charge < -0.3 is 0 Å². The van der Waals surface area contributed by atoms with Gasteiger partial charge >= 0.3 is 0 Å². The van der Waals surface area contributed by atoms with Crippen LogP contribution in [-0.4, -0.2) is 43.8 Å². The summed E-state index contributed by atoms with van der Waals surface area (Å²) in [6, 6.07) is 12.3. The van der Waals surface area contributed by atoms with E-state index in [1.54, 1.807) is 13.1 Å². The second-order valence-electron chi connectivity index (χ2n) is 6.58. The van der Waals surface area contributed by atoms with Gasteiger partial charge in [-0.25, -0.2) is 13.4 Å². The van der Waals surface area contributed by atoms with E-state index in [0.717, 1.165) is 23.1 Å². The quantitative estimate of drug-likeness (QED) is 0.564. The first-order valence-electron chi connectivity index (χ1n) is 8.81. The fraction of sp³-hybridized carbons (Fsp3) is 0.263. The maximum Gasteiger partial charge on any atom is 0.260 e. The van der Waals surface area contributed by atoms with Crippen molar-refractivity contribution in [2.75, 3.05) is 25.0 Å². The van der Waals surface area contributed by atoms with Gasteiger partial charge in [0.05, 0.1) is 20.7 Å². The molecule has 0 N–H and O–H groups in total. The first-order chi connectivity index (χ1) is 13.4. The van der Waals surface area contributed by atoms with Gasteiger partial charge in [-0.05, 0) is 59.1 Å². The number of benzene rings is 2. The highest BCUT2D eigenvalue weighted by Crippen LogP contribution is 2.31. The van der Waals surface area contributed by atoms with Crippen LogP contribution in [0.5, 0.6) is 0 Å². The molecule has 0 spiro atoms. The van der Waals surface area contributed by atoms with Crippen molar-refractivity contribution in [2.24, 2.45) is 0 Å². The lowest BCUT2D eigenvalue weighted by molar-refractivity contribution is 0.0992. The molecular weight excluding hydrogens is 462 g/mol. The Hall–Kier alpha value is -1.81. The van der Waals surface area contributed by atoms with Gasteiger partial charge in [0, 0.05) is 24.6 Å². The number of para-hydroxylation sites is 1. The molecule has 0 radical (unpaired) electrons. The monoisotopic (exact) mass is 479 g/mol. The molecular formula is C19H18BrN3O3S2. The number of nitrogens with zero attached hydrogens (tertiary/aromatic N) is 3. The standard InChI is InChI=1S/C19H18BrN3O3S2/c1-22(19-21-16-6-2-3-7-17(16)27-19)18(24)14-12-13(8-9-15(14)20)28(25,26)23-10-4-5-11-23/h2-3,6-9,12H,4-5,10-11H2,1H3. The number of thiazole rings is 1. The molecule has 0 atom stereocenters. The predicted molar refractivity (Wildman–Crippen MR) is 114 cm³/mol. The van der Waals surface area contributed by atoms with Crippen molar-refractivity contribution < 1.29 is 13.2 Å². The smallest absolute Gasteiger partial charge is 0.260 e. The molecule has 1 aliphatic rings. The van der Waals surface area contributed by atoms with Crippen molar-refractivity contribution in [1.82, 2.24) is 9.29 Å². The number of carbonyl (C=O) groups is 1. The van der Waals surface area contributed by atoms with E-state index in [1.807, 2.05) is 24.3 Å². The van der Waals surface area contributed by atoms with Crippen LogP contribution >= 0.6 is 27.3 Å². The molecule has 2 heterocycles. The van der Waals surface area contributed by atoms with Crippen LogP contribution in [-0.2, 0) is 10.0 Å². The Morgan fingerprint density at radius 3 is 2.61 bits per heavy atom. The Balaban J connectivity index is 1.68. The third-order valence-corrected chi connectivity index (χ3v) is 8.44. The number of fused-ring (bicyclic) bond motifs is 1. The third-order valence-electron chi connectivity index (χ3n) is 4.75. The number of amides is 1. The number of anilines is 1. The molecule has 1 aliphatic heterocycles. The highest BCUT2D eigenvalue weighted by molar-refractivity contribution is 9.10. The third kappa shape index (κ3) is 3.47. The minimum atomic E-state index is -3.59. The summed E-state index contributed by atoms with van der Waals surface area (Å²) in [5.74, 6) is -0.315. The Morgan fingerprint density at radius 2 is 1.89 bits per heavy atom. The summed E-state index contributed by atoms with van der Waals surface area (Å²) in [5.41, 5.74) is 1.12. The van der Waals surface area contributed by atoms with E-state index in [0.29, 0.717) is 28.3 Å². The van der Waals surface area contributed by atoms with Crippen molar-refractivity contribution in [1.29, 1.82) is 0 Å². The fourth-order valence-electron chi connectivity index (χ4n) is 3.18. The molecule has 3 aromatic rings. The number of rotatable bonds is 4. The van der Waals surface area contributed by atoms with Crippen molar-refractivity contribution in [2.45, 2.75) is 17.7 Å². The zero-order chi connectivity index (χ0) is 19.9. The average molecular weight is 480 g/mol. The number of hydrogen-bond acceptors (Lipinski definition) is 5. The van der Waals surface area contributed by atoms with Crippen LogP contribution in [0, 0.1) is 0 Å². The minimum Gasteiger partial charge on any atom is -0.287 e. The average Bonchev–Trinajstić information content (AvgIpc) is 3.37. The maximum atomic E-state index is 13.1. The highest BCUT2D eigenvalue weighted by Gasteiger charge is 2.29. The van der Waals surface area contributed by atoms with Crippen LogP contribution in [0.15, 0.2) is 51.8 Å². The molecule has 0 aliphatic carbocycles. The SMILES string of the molecule is CN(C(=O)c1cc(S(=O)(=O)N2CCCC2)ccc1Br)c1nc2ccccc2s1. The summed E-state index contributed by atoms with van der Waals surface area (Å²) in [6.45, 7) is 1.04. The molecule has 1 fully saturated rings. The molecule has 0 unspecified atom stereocenters. The number of sulfonamides is 1. The lowest BCUT2D eigenvalue weighted by atomic mass is 10.2. The Bertz CT molecular complexity index is 1120. The zero-order valence-corrected chi connectivity index (χ0v) is 18.3. The van der Waals surface area contributed by atoms with E-state index in [1.165, 1.54) is 32.7 Å². The second-order valence-corrected chi connectivity index (χ2v) is 10.4. The number of hydrogen-bond donors (Lipinski definition) is 0. The largest absolute Gasteiger partial charge is 0.287 e. The Morgan fingerprint density at radius 1 is 1.18 bits per heavy atom. The van der Waals surface area contributed by atoms with Crippen LogP contribution in [0.25, 0.3) is 10.2 Å². The van der Waals surface area contributed by atoms with Gasteiger partial charge in [0.15, 0.2) is 5.13 Å². The van der Waals surface area contributed by atoms with Crippen LogP contribution in [0.3, 0.4) is 0 Å². The van der Waals surface area contributed by atoms with E-state index < -0.39 is 10.0 Å². The number of carbonyl (C=O) groups excluding carboxylic acids is 1. The van der Waals surface area contributed by atoms with E-state index in [2.05, 4.69) is 20.9 Å². The molecule has 0 bridgehead atoms. The van der Waals surface area contributed by atoms with Gasteiger partial charge in [-0.1, -0.05) is 23.5 Å². The topological polar surface area (TPSA) is 70.6 Å². The lowest BCUT2D eigenvalue weighted by Gasteiger charge is -2.18.